The molecule has 0 atom stereocenters. The molecule has 22 rings (SSSR count). The molecule has 476 valence electrons. The fraction of sp³-hybridized carbons (Fsp3) is 0. The SMILES string of the molecule is c1ccc2c(c1)c1ccccc1n2-c1ccc(-c2cc(-n3c4ccccc4c4ccccc43)cc(-n3c4ccccc4c4ccccc43)n2)cc1.c1ccc2c(c1)c1ccccc1n2-c1ccc(-c2cc(-n3c4ccccc4c4ccccc43)nc(-n3c4ccccc4c4ccccc43)c2)cc1. The second kappa shape index (κ2) is 22.9. The van der Waals surface area contributed by atoms with Gasteiger partial charge in [0.25, 0.3) is 0 Å². The lowest BCUT2D eigenvalue weighted by atomic mass is 10.1. The lowest BCUT2D eigenvalue weighted by Crippen LogP contribution is -2.04. The molecule has 0 radical (unpaired) electrons. The normalized spacial score (nSPS) is 11.9. The number of benzene rings is 14. The Morgan fingerprint density at radius 2 is 0.353 bits per heavy atom. The van der Waals surface area contributed by atoms with Crippen LogP contribution in [0.5, 0.6) is 0 Å². The van der Waals surface area contributed by atoms with Crippen LogP contribution in [0.2, 0.25) is 0 Å². The summed E-state index contributed by atoms with van der Waals surface area (Å²) in [4.78, 5) is 10.9. The molecule has 0 aliphatic carbocycles. The number of pyridine rings is 2. The van der Waals surface area contributed by atoms with E-state index in [9.17, 15) is 0 Å². The summed E-state index contributed by atoms with van der Waals surface area (Å²) in [6, 6.07) is 131. The van der Waals surface area contributed by atoms with Gasteiger partial charge in [-0.1, -0.05) is 243 Å². The van der Waals surface area contributed by atoms with Crippen molar-refractivity contribution in [1.82, 2.24) is 37.4 Å². The van der Waals surface area contributed by atoms with Gasteiger partial charge in [-0.15, -0.1) is 0 Å². The zero-order valence-electron chi connectivity index (χ0n) is 55.2. The maximum Gasteiger partial charge on any atom is 0.140 e. The minimum atomic E-state index is 0.883. The molecule has 0 spiro atoms. The molecule has 8 aromatic heterocycles. The average Bonchev–Trinajstić information content (AvgIpc) is 1.58. The Morgan fingerprint density at radius 3 is 0.608 bits per heavy atom. The Hall–Kier alpha value is -13.8. The van der Waals surface area contributed by atoms with Crippen LogP contribution in [0, 0.1) is 0 Å². The predicted molar refractivity (Wildman–Crippen MR) is 425 cm³/mol. The summed E-state index contributed by atoms with van der Waals surface area (Å²) < 4.78 is 14.1. The summed E-state index contributed by atoms with van der Waals surface area (Å²) in [5.74, 6) is 2.65. The van der Waals surface area contributed by atoms with Crippen molar-refractivity contribution in [2.45, 2.75) is 0 Å². The lowest BCUT2D eigenvalue weighted by molar-refractivity contribution is 1.01. The Kier molecular flexibility index (Phi) is 12.9. The van der Waals surface area contributed by atoms with Crippen LogP contribution in [0.4, 0.5) is 0 Å². The van der Waals surface area contributed by atoms with Gasteiger partial charge in [-0.25, -0.2) is 9.97 Å². The minimum Gasteiger partial charge on any atom is -0.309 e. The van der Waals surface area contributed by atoms with Crippen molar-refractivity contribution in [3.8, 4) is 56.9 Å². The van der Waals surface area contributed by atoms with Gasteiger partial charge in [0.2, 0.25) is 0 Å². The number of fused-ring (bicyclic) bond motifs is 18. The zero-order chi connectivity index (χ0) is 66.9. The highest BCUT2D eigenvalue weighted by atomic mass is 15.1. The van der Waals surface area contributed by atoms with Gasteiger partial charge in [0.05, 0.1) is 77.6 Å². The molecular weight excluding hydrogens is 1240 g/mol. The molecule has 0 aliphatic heterocycles. The molecule has 8 nitrogen and oxygen atoms in total. The van der Waals surface area contributed by atoms with Crippen LogP contribution in [-0.2, 0) is 0 Å². The molecule has 0 bridgehead atoms. The lowest BCUT2D eigenvalue weighted by Gasteiger charge is -2.15. The molecule has 102 heavy (non-hydrogen) atoms. The first-order valence-corrected chi connectivity index (χ1v) is 34.8. The standard InChI is InChI=1S/2C47H30N4/c1-7-19-40-34(13-1)35-14-2-8-20-41(35)49(40)33-27-25-31(26-28-33)32-29-46(50-42-21-9-3-15-36(42)37-16-4-10-22-43(37)50)48-47(30-32)51-44-23-11-5-17-38(44)39-18-6-12-24-45(39)51;1-7-19-41-34(13-1)35-14-2-8-20-42(35)49(41)32-27-25-31(26-28-32)40-29-33(50-43-21-9-3-15-36(43)37-16-4-10-22-44(37)50)30-47(48-40)51-45-23-11-5-17-38(45)39-18-6-12-24-46(39)51/h2*1-30H. The quantitative estimate of drug-likeness (QED) is 0.152. The summed E-state index contributed by atoms with van der Waals surface area (Å²) in [6.45, 7) is 0. The molecule has 0 N–H and O–H groups in total. The van der Waals surface area contributed by atoms with Crippen molar-refractivity contribution in [1.29, 1.82) is 0 Å². The number of para-hydroxylation sites is 12. The first-order chi connectivity index (χ1) is 50.6. The van der Waals surface area contributed by atoms with Gasteiger partial charge in [-0.2, -0.15) is 0 Å². The van der Waals surface area contributed by atoms with E-state index in [0.717, 1.165) is 90.0 Å². The largest absolute Gasteiger partial charge is 0.309 e. The smallest absolute Gasteiger partial charge is 0.140 e. The number of hydrogen-bond acceptors (Lipinski definition) is 2. The molecule has 22 aromatic rings. The number of aromatic nitrogens is 8. The van der Waals surface area contributed by atoms with Crippen LogP contribution in [0.1, 0.15) is 0 Å². The Labute approximate surface area is 585 Å². The summed E-state index contributed by atoms with van der Waals surface area (Å²) >= 11 is 0. The van der Waals surface area contributed by atoms with Crippen molar-refractivity contribution in [3.63, 3.8) is 0 Å². The topological polar surface area (TPSA) is 55.4 Å². The molecule has 0 saturated carbocycles. The van der Waals surface area contributed by atoms with Crippen LogP contribution >= 0.6 is 0 Å². The molecule has 0 amide bonds. The maximum absolute atomic E-state index is 5.49. The molecule has 8 heteroatoms. The van der Waals surface area contributed by atoms with Crippen LogP contribution < -0.4 is 0 Å². The van der Waals surface area contributed by atoms with Gasteiger partial charge in [0, 0.05) is 87.6 Å². The van der Waals surface area contributed by atoms with E-state index >= 15 is 0 Å². The fourth-order valence-corrected chi connectivity index (χ4v) is 16.5. The highest BCUT2D eigenvalue weighted by Crippen LogP contribution is 2.42. The van der Waals surface area contributed by atoms with Crippen LogP contribution in [0.3, 0.4) is 0 Å². The first-order valence-electron chi connectivity index (χ1n) is 34.8. The Balaban J connectivity index is 0.000000133. The number of hydrogen-bond donors (Lipinski definition) is 0. The monoisotopic (exact) mass is 1300 g/mol. The molecule has 0 unspecified atom stereocenters. The Morgan fingerprint density at radius 1 is 0.147 bits per heavy atom. The van der Waals surface area contributed by atoms with E-state index in [1.54, 1.807) is 0 Å². The highest BCUT2D eigenvalue weighted by Gasteiger charge is 2.22. The van der Waals surface area contributed by atoms with E-state index < -0.39 is 0 Å². The molecule has 0 aliphatic rings. The minimum absolute atomic E-state index is 0.883. The van der Waals surface area contributed by atoms with Gasteiger partial charge in [-0.05, 0) is 126 Å². The van der Waals surface area contributed by atoms with Gasteiger partial charge in [-0.3, -0.25) is 13.7 Å². The van der Waals surface area contributed by atoms with Crippen molar-refractivity contribution in [2.75, 3.05) is 0 Å². The second-order valence-electron chi connectivity index (χ2n) is 26.5. The van der Waals surface area contributed by atoms with Crippen LogP contribution in [0.25, 0.3) is 188 Å². The molecular formula is C94H60N8. The molecule has 8 heterocycles. The van der Waals surface area contributed by atoms with Crippen molar-refractivity contribution < 1.29 is 0 Å². The summed E-state index contributed by atoms with van der Waals surface area (Å²) in [5.41, 5.74) is 21.5. The van der Waals surface area contributed by atoms with E-state index in [4.69, 9.17) is 9.97 Å². The number of rotatable bonds is 8. The average molecular weight is 1300 g/mol. The highest BCUT2D eigenvalue weighted by molar-refractivity contribution is 6.14. The molecule has 14 aromatic carbocycles. The predicted octanol–water partition coefficient (Wildman–Crippen LogP) is 24.1. The van der Waals surface area contributed by atoms with Gasteiger partial charge in [0.1, 0.15) is 17.5 Å². The third kappa shape index (κ3) is 8.83. The fourth-order valence-electron chi connectivity index (χ4n) is 16.5. The van der Waals surface area contributed by atoms with Crippen molar-refractivity contribution in [2.24, 2.45) is 0 Å². The first kappa shape index (κ1) is 57.3. The second-order valence-corrected chi connectivity index (χ2v) is 26.5. The van der Waals surface area contributed by atoms with E-state index in [2.05, 4.69) is 391 Å². The van der Waals surface area contributed by atoms with Crippen LogP contribution in [0.15, 0.2) is 364 Å². The summed E-state index contributed by atoms with van der Waals surface area (Å²) in [7, 11) is 0. The zero-order valence-corrected chi connectivity index (χ0v) is 55.2. The van der Waals surface area contributed by atoms with Crippen LogP contribution in [-0.4, -0.2) is 37.4 Å². The third-order valence-corrected chi connectivity index (χ3v) is 20.9. The number of nitrogens with zero attached hydrogens (tertiary/aromatic N) is 8. The van der Waals surface area contributed by atoms with E-state index in [1.165, 1.54) is 97.7 Å². The summed E-state index contributed by atoms with van der Waals surface area (Å²) in [5, 5.41) is 14.8. The van der Waals surface area contributed by atoms with E-state index in [0.29, 0.717) is 0 Å². The Bertz CT molecular complexity index is 6120. The van der Waals surface area contributed by atoms with E-state index in [-0.39, 0.29) is 0 Å². The van der Waals surface area contributed by atoms with Gasteiger partial charge < -0.3 is 13.7 Å². The molecule has 0 saturated heterocycles. The summed E-state index contributed by atoms with van der Waals surface area (Å²) in [6.07, 6.45) is 0. The van der Waals surface area contributed by atoms with Crippen molar-refractivity contribution in [3.05, 3.63) is 364 Å². The van der Waals surface area contributed by atoms with Gasteiger partial charge in [0.15, 0.2) is 0 Å². The van der Waals surface area contributed by atoms with E-state index in [1.807, 2.05) is 0 Å². The maximum atomic E-state index is 5.49. The molecule has 0 fully saturated rings. The van der Waals surface area contributed by atoms with Crippen molar-refractivity contribution >= 4 is 131 Å². The van der Waals surface area contributed by atoms with Gasteiger partial charge >= 0.3 is 0 Å². The third-order valence-electron chi connectivity index (χ3n) is 20.9.